The van der Waals surface area contributed by atoms with E-state index in [0.29, 0.717) is 5.56 Å². The highest BCUT2D eigenvalue weighted by atomic mass is 16.3. The summed E-state index contributed by atoms with van der Waals surface area (Å²) in [7, 11) is 0. The number of hydrogen-bond acceptors (Lipinski definition) is 2. The van der Waals surface area contributed by atoms with Gasteiger partial charge >= 0.3 is 0 Å². The summed E-state index contributed by atoms with van der Waals surface area (Å²) in [4.78, 5) is 11.3. The topological polar surface area (TPSA) is 49.3 Å². The molecule has 1 amide bonds. The van der Waals surface area contributed by atoms with Crippen LogP contribution in [-0.4, -0.2) is 11.0 Å². The molecular formula is C10H11NO2. The number of anilines is 1. The van der Waals surface area contributed by atoms with Crippen LogP contribution in [0.5, 0.6) is 0 Å². The molecule has 68 valence electrons. The van der Waals surface area contributed by atoms with Crippen LogP contribution in [0.25, 0.3) is 0 Å². The van der Waals surface area contributed by atoms with Gasteiger partial charge in [0.2, 0.25) is 0 Å². The molecule has 3 heteroatoms. The van der Waals surface area contributed by atoms with Crippen LogP contribution in [0.3, 0.4) is 0 Å². The number of carbonyl (C=O) groups is 1. The van der Waals surface area contributed by atoms with E-state index in [2.05, 4.69) is 5.32 Å². The lowest BCUT2D eigenvalue weighted by molar-refractivity contribution is -0.131. The molecule has 1 aliphatic rings. The highest BCUT2D eigenvalue weighted by Crippen LogP contribution is 2.37. The Morgan fingerprint density at radius 1 is 1.46 bits per heavy atom. The quantitative estimate of drug-likeness (QED) is 0.624. The van der Waals surface area contributed by atoms with Crippen molar-refractivity contribution >= 4 is 11.6 Å². The van der Waals surface area contributed by atoms with E-state index in [9.17, 15) is 9.90 Å². The Labute approximate surface area is 76.4 Å². The Kier molecular flexibility index (Phi) is 1.48. The summed E-state index contributed by atoms with van der Waals surface area (Å²) in [6.07, 6.45) is 0. The first-order chi connectivity index (χ1) is 6.03. The molecule has 1 atom stereocenters. The zero-order chi connectivity index (χ0) is 9.64. The number of para-hydroxylation sites is 1. The van der Waals surface area contributed by atoms with E-state index in [-0.39, 0.29) is 5.91 Å². The number of nitrogens with one attached hydrogen (secondary N) is 1. The summed E-state index contributed by atoms with van der Waals surface area (Å²) in [6, 6.07) is 5.50. The molecule has 0 radical (unpaired) electrons. The average molecular weight is 177 g/mol. The molecule has 1 aliphatic heterocycles. The van der Waals surface area contributed by atoms with E-state index in [0.717, 1.165) is 11.3 Å². The minimum atomic E-state index is -1.37. The van der Waals surface area contributed by atoms with Gasteiger partial charge < -0.3 is 10.4 Å². The van der Waals surface area contributed by atoms with Crippen LogP contribution in [0.2, 0.25) is 0 Å². The van der Waals surface area contributed by atoms with Gasteiger partial charge in [-0.25, -0.2) is 0 Å². The van der Waals surface area contributed by atoms with Gasteiger partial charge in [0, 0.05) is 5.56 Å². The highest BCUT2D eigenvalue weighted by Gasteiger charge is 2.41. The Hall–Kier alpha value is -1.35. The molecule has 0 spiro atoms. The van der Waals surface area contributed by atoms with Gasteiger partial charge in [0.15, 0.2) is 5.60 Å². The second-order valence-electron chi connectivity index (χ2n) is 3.52. The fourth-order valence-corrected chi connectivity index (χ4v) is 1.60. The maximum Gasteiger partial charge on any atom is 0.260 e. The first-order valence-corrected chi connectivity index (χ1v) is 4.17. The zero-order valence-electron chi connectivity index (χ0n) is 7.59. The van der Waals surface area contributed by atoms with Crippen molar-refractivity contribution in [2.45, 2.75) is 19.4 Å². The number of aryl methyl sites for hydroxylation is 1. The Morgan fingerprint density at radius 3 is 2.77 bits per heavy atom. The number of rotatable bonds is 0. The second-order valence-corrected chi connectivity index (χ2v) is 3.52. The lowest BCUT2D eigenvalue weighted by Gasteiger charge is -2.13. The summed E-state index contributed by atoms with van der Waals surface area (Å²) < 4.78 is 0. The largest absolute Gasteiger partial charge is 0.375 e. The van der Waals surface area contributed by atoms with E-state index in [1.54, 1.807) is 6.07 Å². The van der Waals surface area contributed by atoms with Crippen LogP contribution in [0.4, 0.5) is 5.69 Å². The maximum atomic E-state index is 11.3. The zero-order valence-corrected chi connectivity index (χ0v) is 7.59. The van der Waals surface area contributed by atoms with E-state index >= 15 is 0 Å². The third kappa shape index (κ3) is 0.971. The lowest BCUT2D eigenvalue weighted by atomic mass is 9.96. The predicted molar refractivity (Wildman–Crippen MR) is 49.4 cm³/mol. The fraction of sp³-hybridized carbons (Fsp3) is 0.300. The van der Waals surface area contributed by atoms with Crippen molar-refractivity contribution in [3.8, 4) is 0 Å². The standard InChI is InChI=1S/C10H11NO2/c1-6-4-3-5-7-8(6)11-9(12)10(7,2)13/h3-5,13H,1-2H3,(H,11,12). The third-order valence-electron chi connectivity index (χ3n) is 2.48. The molecule has 0 aliphatic carbocycles. The molecule has 0 saturated carbocycles. The van der Waals surface area contributed by atoms with Crippen LogP contribution in [0.15, 0.2) is 18.2 Å². The molecule has 13 heavy (non-hydrogen) atoms. The minimum Gasteiger partial charge on any atom is -0.375 e. The first kappa shape index (κ1) is 8.26. The minimum absolute atomic E-state index is 0.350. The molecule has 2 N–H and O–H groups in total. The Balaban J connectivity index is 2.68. The molecule has 2 rings (SSSR count). The van der Waals surface area contributed by atoms with Crippen LogP contribution in [-0.2, 0) is 10.4 Å². The van der Waals surface area contributed by atoms with Crippen molar-refractivity contribution in [3.05, 3.63) is 29.3 Å². The van der Waals surface area contributed by atoms with E-state index in [4.69, 9.17) is 0 Å². The van der Waals surface area contributed by atoms with Gasteiger partial charge in [-0.2, -0.15) is 0 Å². The third-order valence-corrected chi connectivity index (χ3v) is 2.48. The highest BCUT2D eigenvalue weighted by molar-refractivity contribution is 6.05. The van der Waals surface area contributed by atoms with Crippen LogP contribution < -0.4 is 5.32 Å². The maximum absolute atomic E-state index is 11.3. The van der Waals surface area contributed by atoms with Crippen molar-refractivity contribution in [2.75, 3.05) is 5.32 Å². The van der Waals surface area contributed by atoms with Crippen LogP contribution in [0.1, 0.15) is 18.1 Å². The summed E-state index contributed by atoms with van der Waals surface area (Å²) in [5.74, 6) is -0.350. The van der Waals surface area contributed by atoms with Gasteiger partial charge in [-0.05, 0) is 19.4 Å². The lowest BCUT2D eigenvalue weighted by Crippen LogP contribution is -2.30. The molecule has 0 fully saturated rings. The van der Waals surface area contributed by atoms with Crippen molar-refractivity contribution in [1.29, 1.82) is 0 Å². The van der Waals surface area contributed by atoms with Crippen molar-refractivity contribution < 1.29 is 9.90 Å². The second kappa shape index (κ2) is 2.33. The smallest absolute Gasteiger partial charge is 0.260 e. The van der Waals surface area contributed by atoms with Crippen molar-refractivity contribution in [3.63, 3.8) is 0 Å². The summed E-state index contributed by atoms with van der Waals surface area (Å²) in [5, 5.41) is 12.5. The molecule has 1 unspecified atom stereocenters. The fourth-order valence-electron chi connectivity index (χ4n) is 1.60. The average Bonchev–Trinajstić information content (AvgIpc) is 2.28. The number of aliphatic hydroxyl groups is 1. The van der Waals surface area contributed by atoms with E-state index < -0.39 is 5.60 Å². The monoisotopic (exact) mass is 177 g/mol. The molecule has 0 bridgehead atoms. The van der Waals surface area contributed by atoms with Crippen LogP contribution >= 0.6 is 0 Å². The molecule has 1 heterocycles. The molecule has 1 aromatic rings. The number of fused-ring (bicyclic) bond motifs is 1. The van der Waals surface area contributed by atoms with Crippen molar-refractivity contribution in [2.24, 2.45) is 0 Å². The molecule has 3 nitrogen and oxygen atoms in total. The first-order valence-electron chi connectivity index (χ1n) is 4.17. The van der Waals surface area contributed by atoms with Gasteiger partial charge in [-0.15, -0.1) is 0 Å². The number of benzene rings is 1. The van der Waals surface area contributed by atoms with Gasteiger partial charge in [-0.1, -0.05) is 18.2 Å². The normalized spacial score (nSPS) is 25.6. The number of amides is 1. The molecule has 0 saturated heterocycles. The summed E-state index contributed by atoms with van der Waals surface area (Å²) >= 11 is 0. The molecule has 0 aromatic heterocycles. The van der Waals surface area contributed by atoms with E-state index in [1.807, 2.05) is 19.1 Å². The predicted octanol–water partition coefficient (Wildman–Crippen LogP) is 1.15. The van der Waals surface area contributed by atoms with Crippen LogP contribution in [0, 0.1) is 6.92 Å². The van der Waals surface area contributed by atoms with E-state index in [1.165, 1.54) is 6.92 Å². The number of carbonyl (C=O) groups excluding carboxylic acids is 1. The summed E-state index contributed by atoms with van der Waals surface area (Å²) in [6.45, 7) is 3.41. The van der Waals surface area contributed by atoms with Gasteiger partial charge in [0.25, 0.3) is 5.91 Å². The Bertz CT molecular complexity index is 383. The molecule has 1 aromatic carbocycles. The molecular weight excluding hydrogens is 166 g/mol. The van der Waals surface area contributed by atoms with Gasteiger partial charge in [0.05, 0.1) is 5.69 Å². The van der Waals surface area contributed by atoms with Gasteiger partial charge in [0.1, 0.15) is 0 Å². The van der Waals surface area contributed by atoms with Crippen molar-refractivity contribution in [1.82, 2.24) is 0 Å². The summed E-state index contributed by atoms with van der Waals surface area (Å²) in [5.41, 5.74) is 1.01. The van der Waals surface area contributed by atoms with Gasteiger partial charge in [-0.3, -0.25) is 4.79 Å². The number of hydrogen-bond donors (Lipinski definition) is 2. The SMILES string of the molecule is Cc1cccc2c1NC(=O)C2(C)O. The Morgan fingerprint density at radius 2 is 2.15 bits per heavy atom.